The number of aryl methyl sites for hydroxylation is 4. The van der Waals surface area contributed by atoms with E-state index in [0.717, 1.165) is 19.4 Å². The van der Waals surface area contributed by atoms with Gasteiger partial charge in [-0.3, -0.25) is 4.68 Å². The Labute approximate surface area is 131 Å². The van der Waals surface area contributed by atoms with Crippen molar-refractivity contribution in [2.24, 2.45) is 0 Å². The van der Waals surface area contributed by atoms with Gasteiger partial charge in [0.25, 0.3) is 0 Å². The summed E-state index contributed by atoms with van der Waals surface area (Å²) < 4.78 is 2.16. The lowest BCUT2D eigenvalue weighted by Crippen LogP contribution is -2.19. The number of fused-ring (bicyclic) bond motifs is 1. The minimum atomic E-state index is 0.410. The Morgan fingerprint density at radius 1 is 1.33 bits per heavy atom. The first-order chi connectivity index (χ1) is 10.2. The number of nitrogens with zero attached hydrogens (tertiary/aromatic N) is 2. The molecular weight excluding hydrogens is 278 g/mol. The fourth-order valence-corrected chi connectivity index (χ4v) is 4.57. The molecule has 2 heterocycles. The maximum absolute atomic E-state index is 4.67. The molecule has 0 aliphatic heterocycles. The number of thiophene rings is 1. The molecule has 0 saturated heterocycles. The van der Waals surface area contributed by atoms with Crippen LogP contribution in [0, 0.1) is 0 Å². The number of rotatable bonds is 6. The highest BCUT2D eigenvalue weighted by atomic mass is 32.1. The van der Waals surface area contributed by atoms with Crippen molar-refractivity contribution < 1.29 is 0 Å². The van der Waals surface area contributed by atoms with Crippen LogP contribution in [0.1, 0.15) is 53.0 Å². The SMILES string of the molecule is CCc1cc(CC(NC)c2cc3c(s2)CCC3)n(CC)n1. The monoisotopic (exact) mass is 303 g/mol. The zero-order valence-corrected chi connectivity index (χ0v) is 14.1. The molecule has 1 unspecified atom stereocenters. The zero-order chi connectivity index (χ0) is 14.8. The Morgan fingerprint density at radius 3 is 2.86 bits per heavy atom. The zero-order valence-electron chi connectivity index (χ0n) is 13.3. The molecule has 1 N–H and O–H groups in total. The highest BCUT2D eigenvalue weighted by Crippen LogP contribution is 2.34. The van der Waals surface area contributed by atoms with E-state index in [4.69, 9.17) is 0 Å². The molecule has 2 aromatic rings. The van der Waals surface area contributed by atoms with E-state index in [1.165, 1.54) is 35.5 Å². The van der Waals surface area contributed by atoms with Crippen LogP contribution in [0.2, 0.25) is 0 Å². The van der Waals surface area contributed by atoms with E-state index < -0.39 is 0 Å². The van der Waals surface area contributed by atoms with Gasteiger partial charge in [-0.25, -0.2) is 0 Å². The van der Waals surface area contributed by atoms with Gasteiger partial charge in [-0.05, 0) is 57.4 Å². The van der Waals surface area contributed by atoms with Crippen molar-refractivity contribution in [3.8, 4) is 0 Å². The second kappa shape index (κ2) is 6.32. The number of likely N-dealkylation sites (N-methyl/N-ethyl adjacent to an activating group) is 1. The number of aromatic nitrogens is 2. The Morgan fingerprint density at radius 2 is 2.19 bits per heavy atom. The number of hydrogen-bond acceptors (Lipinski definition) is 3. The first kappa shape index (κ1) is 14.8. The van der Waals surface area contributed by atoms with Crippen molar-refractivity contribution in [2.45, 2.75) is 58.5 Å². The molecule has 0 fully saturated rings. The molecule has 1 atom stereocenters. The van der Waals surface area contributed by atoms with Crippen molar-refractivity contribution in [3.05, 3.63) is 38.8 Å². The predicted octanol–water partition coefficient (Wildman–Crippen LogP) is 3.52. The molecule has 1 aliphatic carbocycles. The van der Waals surface area contributed by atoms with Crippen molar-refractivity contribution in [1.29, 1.82) is 0 Å². The molecule has 0 amide bonds. The second-order valence-electron chi connectivity index (χ2n) is 5.79. The average molecular weight is 303 g/mol. The summed E-state index contributed by atoms with van der Waals surface area (Å²) in [7, 11) is 2.07. The maximum atomic E-state index is 4.67. The summed E-state index contributed by atoms with van der Waals surface area (Å²) in [6, 6.07) is 5.11. The second-order valence-corrected chi connectivity index (χ2v) is 6.96. The average Bonchev–Trinajstić information content (AvgIpc) is 3.17. The largest absolute Gasteiger partial charge is 0.312 e. The lowest BCUT2D eigenvalue weighted by Gasteiger charge is -2.15. The van der Waals surface area contributed by atoms with Gasteiger partial charge in [0.2, 0.25) is 0 Å². The van der Waals surface area contributed by atoms with Crippen LogP contribution < -0.4 is 5.32 Å². The first-order valence-electron chi connectivity index (χ1n) is 8.09. The van der Waals surface area contributed by atoms with Gasteiger partial charge in [-0.15, -0.1) is 11.3 Å². The Bertz CT molecular complexity index is 590. The van der Waals surface area contributed by atoms with Crippen LogP contribution in [0.4, 0.5) is 0 Å². The third-order valence-electron chi connectivity index (χ3n) is 4.45. The van der Waals surface area contributed by atoms with Gasteiger partial charge in [0.15, 0.2) is 0 Å². The van der Waals surface area contributed by atoms with Gasteiger partial charge in [0.1, 0.15) is 0 Å². The van der Waals surface area contributed by atoms with Crippen molar-refractivity contribution in [2.75, 3.05) is 7.05 Å². The molecule has 4 heteroatoms. The fraction of sp³-hybridized carbons (Fsp3) is 0.588. The highest BCUT2D eigenvalue weighted by molar-refractivity contribution is 7.12. The summed E-state index contributed by atoms with van der Waals surface area (Å²) >= 11 is 2.01. The van der Waals surface area contributed by atoms with Crippen LogP contribution >= 0.6 is 11.3 Å². The smallest absolute Gasteiger partial charge is 0.0624 e. The summed E-state index contributed by atoms with van der Waals surface area (Å²) in [4.78, 5) is 3.10. The minimum Gasteiger partial charge on any atom is -0.312 e. The molecular formula is C17H25N3S. The van der Waals surface area contributed by atoms with E-state index in [9.17, 15) is 0 Å². The first-order valence-corrected chi connectivity index (χ1v) is 8.91. The summed E-state index contributed by atoms with van der Waals surface area (Å²) in [6.07, 6.45) is 5.93. The van der Waals surface area contributed by atoms with E-state index in [-0.39, 0.29) is 0 Å². The van der Waals surface area contributed by atoms with Gasteiger partial charge in [-0.2, -0.15) is 5.10 Å². The fourth-order valence-electron chi connectivity index (χ4n) is 3.20. The van der Waals surface area contributed by atoms with Crippen LogP contribution in [-0.4, -0.2) is 16.8 Å². The van der Waals surface area contributed by atoms with E-state index >= 15 is 0 Å². The van der Waals surface area contributed by atoms with E-state index in [0.29, 0.717) is 6.04 Å². The molecule has 0 spiro atoms. The van der Waals surface area contributed by atoms with Gasteiger partial charge in [0.05, 0.1) is 5.69 Å². The molecule has 114 valence electrons. The number of hydrogen-bond donors (Lipinski definition) is 1. The standard InChI is InChI=1S/C17H25N3S/c1-4-13-10-14(20(5-2)19-13)11-15(18-3)17-9-12-7-6-8-16(12)21-17/h9-10,15,18H,4-8,11H2,1-3H3. The summed E-state index contributed by atoms with van der Waals surface area (Å²) in [5.41, 5.74) is 4.14. The molecule has 2 aromatic heterocycles. The minimum absolute atomic E-state index is 0.410. The molecule has 21 heavy (non-hydrogen) atoms. The van der Waals surface area contributed by atoms with Crippen LogP contribution in [0.25, 0.3) is 0 Å². The molecule has 1 aliphatic rings. The van der Waals surface area contributed by atoms with Crippen LogP contribution in [0.3, 0.4) is 0 Å². The van der Waals surface area contributed by atoms with Crippen LogP contribution in [-0.2, 0) is 32.2 Å². The lowest BCUT2D eigenvalue weighted by atomic mass is 10.1. The molecule has 3 nitrogen and oxygen atoms in total. The Balaban J connectivity index is 1.82. The van der Waals surface area contributed by atoms with E-state index in [1.807, 2.05) is 11.3 Å². The summed E-state index contributed by atoms with van der Waals surface area (Å²) in [5.74, 6) is 0. The van der Waals surface area contributed by atoms with Gasteiger partial charge in [0, 0.05) is 34.5 Å². The number of nitrogens with one attached hydrogen (secondary N) is 1. The molecule has 0 saturated carbocycles. The summed E-state index contributed by atoms with van der Waals surface area (Å²) in [5, 5.41) is 8.17. The molecule has 0 radical (unpaired) electrons. The predicted molar refractivity (Wildman–Crippen MR) is 89.1 cm³/mol. The molecule has 0 bridgehead atoms. The third kappa shape index (κ3) is 2.92. The summed E-state index contributed by atoms with van der Waals surface area (Å²) in [6.45, 7) is 5.29. The topological polar surface area (TPSA) is 29.9 Å². The van der Waals surface area contributed by atoms with Crippen molar-refractivity contribution in [3.63, 3.8) is 0 Å². The maximum Gasteiger partial charge on any atom is 0.0624 e. The van der Waals surface area contributed by atoms with Crippen LogP contribution in [0.15, 0.2) is 12.1 Å². The van der Waals surface area contributed by atoms with E-state index in [1.54, 1.807) is 10.4 Å². The third-order valence-corrected chi connectivity index (χ3v) is 5.80. The van der Waals surface area contributed by atoms with Crippen molar-refractivity contribution >= 4 is 11.3 Å². The molecule has 3 rings (SSSR count). The van der Waals surface area contributed by atoms with E-state index in [2.05, 4.69) is 48.1 Å². The molecule has 0 aromatic carbocycles. The van der Waals surface area contributed by atoms with Gasteiger partial charge in [-0.1, -0.05) is 6.92 Å². The Hall–Kier alpha value is -1.13. The normalized spacial score (nSPS) is 15.4. The quantitative estimate of drug-likeness (QED) is 0.885. The van der Waals surface area contributed by atoms with Crippen molar-refractivity contribution in [1.82, 2.24) is 15.1 Å². The van der Waals surface area contributed by atoms with Crippen LogP contribution in [0.5, 0.6) is 0 Å². The lowest BCUT2D eigenvalue weighted by molar-refractivity contribution is 0.545. The van der Waals surface area contributed by atoms with Gasteiger partial charge < -0.3 is 5.32 Å². The van der Waals surface area contributed by atoms with Gasteiger partial charge >= 0.3 is 0 Å². The highest BCUT2D eigenvalue weighted by Gasteiger charge is 2.21. The Kier molecular flexibility index (Phi) is 4.45.